The smallest absolute Gasteiger partial charge is 0.141 e. The van der Waals surface area contributed by atoms with Gasteiger partial charge in [-0.05, 0) is 47.3 Å². The van der Waals surface area contributed by atoms with E-state index >= 15 is 0 Å². The second kappa shape index (κ2) is 3.84. The van der Waals surface area contributed by atoms with Crippen LogP contribution in [-0.2, 0) is 13.5 Å². The van der Waals surface area contributed by atoms with Gasteiger partial charge in [-0.1, -0.05) is 5.16 Å². The Morgan fingerprint density at radius 3 is 3.00 bits per heavy atom. The molecule has 5 heteroatoms. The third-order valence-corrected chi connectivity index (χ3v) is 3.80. The van der Waals surface area contributed by atoms with Crippen LogP contribution < -0.4 is 0 Å². The molecule has 1 aliphatic rings. The van der Waals surface area contributed by atoms with Gasteiger partial charge in [-0.2, -0.15) is 0 Å². The van der Waals surface area contributed by atoms with Crippen molar-refractivity contribution in [1.82, 2.24) is 9.55 Å². The quantitative estimate of drug-likeness (QED) is 0.461. The zero-order valence-electron chi connectivity index (χ0n) is 9.44. The molecule has 4 nitrogen and oxygen atoms in total. The molecule has 0 saturated heterocycles. The topological polar surface area (TPSA) is 50.4 Å². The number of pyridine rings is 1. The number of aromatic nitrogens is 2. The van der Waals surface area contributed by atoms with Crippen LogP contribution >= 0.6 is 15.9 Å². The van der Waals surface area contributed by atoms with Gasteiger partial charge in [0.15, 0.2) is 0 Å². The van der Waals surface area contributed by atoms with E-state index in [0.29, 0.717) is 0 Å². The average molecular weight is 294 g/mol. The summed E-state index contributed by atoms with van der Waals surface area (Å²) in [5, 5.41) is 13.6. The molecule has 0 spiro atoms. The summed E-state index contributed by atoms with van der Waals surface area (Å²) in [5.41, 5.74) is 3.99. The minimum Gasteiger partial charge on any atom is -0.411 e. The predicted molar refractivity (Wildman–Crippen MR) is 69.7 cm³/mol. The van der Waals surface area contributed by atoms with Crippen LogP contribution in [0.4, 0.5) is 0 Å². The highest BCUT2D eigenvalue weighted by atomic mass is 79.9. The number of aryl methyl sites for hydroxylation is 1. The lowest BCUT2D eigenvalue weighted by Gasteiger charge is -2.14. The zero-order chi connectivity index (χ0) is 12.0. The number of hydrogen-bond donors (Lipinski definition) is 1. The van der Waals surface area contributed by atoms with E-state index in [1.54, 1.807) is 0 Å². The van der Waals surface area contributed by atoms with E-state index < -0.39 is 0 Å². The highest BCUT2D eigenvalue weighted by molar-refractivity contribution is 9.10. The summed E-state index contributed by atoms with van der Waals surface area (Å²) in [4.78, 5) is 4.49. The summed E-state index contributed by atoms with van der Waals surface area (Å²) in [6.45, 7) is 0. The van der Waals surface area contributed by atoms with Crippen LogP contribution in [0.5, 0.6) is 0 Å². The Morgan fingerprint density at radius 1 is 1.41 bits per heavy atom. The summed E-state index contributed by atoms with van der Waals surface area (Å²) >= 11 is 3.39. The van der Waals surface area contributed by atoms with Gasteiger partial charge in [0.25, 0.3) is 0 Å². The first-order valence-corrected chi connectivity index (χ1v) is 6.37. The first kappa shape index (κ1) is 10.8. The maximum atomic E-state index is 9.11. The van der Waals surface area contributed by atoms with Gasteiger partial charge in [-0.25, -0.2) is 4.98 Å². The maximum absolute atomic E-state index is 9.11. The lowest BCUT2D eigenvalue weighted by atomic mass is 9.94. The number of fused-ring (bicyclic) bond motifs is 3. The lowest BCUT2D eigenvalue weighted by Crippen LogP contribution is -2.12. The second-order valence-corrected chi connectivity index (χ2v) is 5.10. The van der Waals surface area contributed by atoms with Crippen molar-refractivity contribution in [2.45, 2.75) is 19.3 Å². The molecule has 17 heavy (non-hydrogen) atoms. The van der Waals surface area contributed by atoms with E-state index in [4.69, 9.17) is 5.21 Å². The molecule has 88 valence electrons. The molecule has 0 aliphatic heterocycles. The summed E-state index contributed by atoms with van der Waals surface area (Å²) in [5.74, 6) is 0. The summed E-state index contributed by atoms with van der Waals surface area (Å²) < 4.78 is 2.92. The third kappa shape index (κ3) is 1.49. The molecule has 1 aliphatic carbocycles. The molecule has 1 N–H and O–H groups in total. The Morgan fingerprint density at radius 2 is 2.24 bits per heavy atom. The average Bonchev–Trinajstić information content (AvgIpc) is 2.63. The summed E-state index contributed by atoms with van der Waals surface area (Å²) in [6.07, 6.45) is 2.87. The Labute approximate surface area is 107 Å². The molecule has 2 aromatic heterocycles. The van der Waals surface area contributed by atoms with Crippen molar-refractivity contribution in [3.8, 4) is 0 Å². The van der Waals surface area contributed by atoms with Crippen molar-refractivity contribution in [2.75, 3.05) is 0 Å². The molecule has 0 fully saturated rings. The number of nitrogens with zero attached hydrogens (tertiary/aromatic N) is 3. The van der Waals surface area contributed by atoms with Gasteiger partial charge >= 0.3 is 0 Å². The Balaban J connectivity index is 2.42. The lowest BCUT2D eigenvalue weighted by molar-refractivity contribution is 0.317. The van der Waals surface area contributed by atoms with Gasteiger partial charge in [0.2, 0.25) is 0 Å². The first-order valence-electron chi connectivity index (χ1n) is 5.57. The Hall–Kier alpha value is -1.36. The van der Waals surface area contributed by atoms with E-state index in [1.165, 1.54) is 5.69 Å². The van der Waals surface area contributed by atoms with Gasteiger partial charge < -0.3 is 9.77 Å². The first-order chi connectivity index (χ1) is 8.22. The van der Waals surface area contributed by atoms with Crippen LogP contribution in [0.1, 0.15) is 24.1 Å². The van der Waals surface area contributed by atoms with Crippen molar-refractivity contribution >= 4 is 32.7 Å². The van der Waals surface area contributed by atoms with Crippen LogP contribution in [0.15, 0.2) is 21.9 Å². The fourth-order valence-corrected chi connectivity index (χ4v) is 2.89. The minimum atomic E-state index is 0.779. The molecule has 0 saturated carbocycles. The molecular weight excluding hydrogens is 282 g/mol. The zero-order valence-corrected chi connectivity index (χ0v) is 11.0. The largest absolute Gasteiger partial charge is 0.411 e. The molecule has 2 aromatic rings. The van der Waals surface area contributed by atoms with Crippen molar-refractivity contribution in [2.24, 2.45) is 12.2 Å². The fourth-order valence-electron chi connectivity index (χ4n) is 2.59. The molecule has 0 unspecified atom stereocenters. The summed E-state index contributed by atoms with van der Waals surface area (Å²) in [6, 6.07) is 3.95. The molecule has 2 heterocycles. The number of halogens is 1. The van der Waals surface area contributed by atoms with Gasteiger partial charge in [-0.15, -0.1) is 0 Å². The SMILES string of the molecule is Cn1c2c(c3ccc(Br)nc31)C(=NO)CCC2. The van der Waals surface area contributed by atoms with Crippen LogP contribution in [-0.4, -0.2) is 20.5 Å². The van der Waals surface area contributed by atoms with Crippen molar-refractivity contribution in [3.63, 3.8) is 0 Å². The minimum absolute atomic E-state index is 0.779. The Bertz CT molecular complexity index is 630. The van der Waals surface area contributed by atoms with Gasteiger partial charge in [0, 0.05) is 23.7 Å². The van der Waals surface area contributed by atoms with Crippen LogP contribution in [0.2, 0.25) is 0 Å². The highest BCUT2D eigenvalue weighted by Crippen LogP contribution is 2.31. The number of hydrogen-bond acceptors (Lipinski definition) is 3. The van der Waals surface area contributed by atoms with Crippen molar-refractivity contribution in [3.05, 3.63) is 28.0 Å². The number of rotatable bonds is 0. The molecule has 0 bridgehead atoms. The molecule has 0 amide bonds. The van der Waals surface area contributed by atoms with Crippen molar-refractivity contribution in [1.29, 1.82) is 0 Å². The number of oxime groups is 1. The van der Waals surface area contributed by atoms with Gasteiger partial charge in [-0.3, -0.25) is 0 Å². The van der Waals surface area contributed by atoms with E-state index in [0.717, 1.165) is 46.2 Å². The van der Waals surface area contributed by atoms with Crippen LogP contribution in [0, 0.1) is 0 Å². The molecule has 0 atom stereocenters. The van der Waals surface area contributed by atoms with Gasteiger partial charge in [0.1, 0.15) is 10.3 Å². The van der Waals surface area contributed by atoms with E-state index in [1.807, 2.05) is 19.2 Å². The normalized spacial score (nSPS) is 17.6. The van der Waals surface area contributed by atoms with Gasteiger partial charge in [0.05, 0.1) is 5.71 Å². The highest BCUT2D eigenvalue weighted by Gasteiger charge is 2.24. The predicted octanol–water partition coefficient (Wildman–Crippen LogP) is 2.85. The molecule has 3 rings (SSSR count). The molecule has 0 aromatic carbocycles. The van der Waals surface area contributed by atoms with E-state index in [9.17, 15) is 0 Å². The summed E-state index contributed by atoms with van der Waals surface area (Å²) in [7, 11) is 2.01. The molecular formula is C12H12BrN3O. The standard InChI is InChI=1S/C12H12BrN3O/c1-16-9-4-2-3-8(15-17)11(9)7-5-6-10(13)14-12(7)16/h5-6,17H,2-4H2,1H3. The van der Waals surface area contributed by atoms with E-state index in [2.05, 4.69) is 30.6 Å². The third-order valence-electron chi connectivity index (χ3n) is 3.36. The monoisotopic (exact) mass is 293 g/mol. The fraction of sp³-hybridized carbons (Fsp3) is 0.333. The van der Waals surface area contributed by atoms with Crippen molar-refractivity contribution < 1.29 is 5.21 Å². The Kier molecular flexibility index (Phi) is 2.43. The van der Waals surface area contributed by atoms with E-state index in [-0.39, 0.29) is 0 Å². The molecule has 0 radical (unpaired) electrons. The van der Waals surface area contributed by atoms with Crippen LogP contribution in [0.3, 0.4) is 0 Å². The van der Waals surface area contributed by atoms with Crippen LogP contribution in [0.25, 0.3) is 11.0 Å². The second-order valence-electron chi connectivity index (χ2n) is 4.29. The maximum Gasteiger partial charge on any atom is 0.141 e.